The monoisotopic (exact) mass is 468 g/mol. The highest BCUT2D eigenvalue weighted by atomic mass is 16.5. The second-order valence-corrected chi connectivity index (χ2v) is 10.1. The molecule has 4 heterocycles. The van der Waals surface area contributed by atoms with E-state index in [0.717, 1.165) is 43.6 Å². The van der Waals surface area contributed by atoms with Crippen LogP contribution in [0.5, 0.6) is 0 Å². The van der Waals surface area contributed by atoms with E-state index in [1.54, 1.807) is 13.3 Å². The maximum atomic E-state index is 9.55. The van der Waals surface area contributed by atoms with Crippen molar-refractivity contribution in [1.82, 2.24) is 15.2 Å². The lowest BCUT2D eigenvalue weighted by atomic mass is 9.99. The number of nitriles is 1. The quantitative estimate of drug-likeness (QED) is 0.630. The number of hydrogen-bond acceptors (Lipinski definition) is 7. The van der Waals surface area contributed by atoms with Crippen LogP contribution in [0.4, 0.5) is 11.4 Å². The van der Waals surface area contributed by atoms with Crippen molar-refractivity contribution in [2.75, 3.05) is 50.1 Å². The number of ether oxygens (including phenoxy) is 1. The van der Waals surface area contributed by atoms with Crippen LogP contribution in [0.1, 0.15) is 29.7 Å². The second kappa shape index (κ2) is 8.80. The zero-order valence-electron chi connectivity index (χ0n) is 20.6. The number of anilines is 2. The topological polar surface area (TPSA) is 67.7 Å². The van der Waals surface area contributed by atoms with Gasteiger partial charge in [0.15, 0.2) is 0 Å². The van der Waals surface area contributed by atoms with Crippen LogP contribution in [0.15, 0.2) is 48.7 Å². The molecule has 0 aliphatic carbocycles. The van der Waals surface area contributed by atoms with Gasteiger partial charge in [0.2, 0.25) is 0 Å². The Bertz CT molecular complexity index is 1300. The van der Waals surface area contributed by atoms with Gasteiger partial charge in [-0.25, -0.2) is 0 Å². The third-order valence-electron chi connectivity index (χ3n) is 8.23. The molecular weight excluding hydrogens is 436 g/mol. The molecule has 7 heteroatoms. The van der Waals surface area contributed by atoms with Gasteiger partial charge in [-0.3, -0.25) is 9.88 Å². The molecule has 4 atom stereocenters. The first kappa shape index (κ1) is 22.3. The molecule has 35 heavy (non-hydrogen) atoms. The maximum absolute atomic E-state index is 9.55. The smallest absolute Gasteiger partial charge is 0.101 e. The lowest BCUT2D eigenvalue weighted by Gasteiger charge is -2.44. The molecular formula is C28H32N6O. The van der Waals surface area contributed by atoms with Crippen molar-refractivity contribution in [3.63, 3.8) is 0 Å². The van der Waals surface area contributed by atoms with Gasteiger partial charge >= 0.3 is 0 Å². The van der Waals surface area contributed by atoms with Crippen LogP contribution in [0.2, 0.25) is 0 Å². The summed E-state index contributed by atoms with van der Waals surface area (Å²) in [5.74, 6) is 0. The normalized spacial score (nSPS) is 25.9. The summed E-state index contributed by atoms with van der Waals surface area (Å²) >= 11 is 0. The predicted molar refractivity (Wildman–Crippen MR) is 139 cm³/mol. The van der Waals surface area contributed by atoms with E-state index in [1.165, 1.54) is 22.5 Å². The summed E-state index contributed by atoms with van der Waals surface area (Å²) in [5, 5.41) is 14.1. The Hall–Kier alpha value is -3.18. The standard InChI is InChI=1S/C28H32N6O/c1-18-15-33(24-9-6-19(12-29)28-23(24)5-4-10-31-28)17-26-22-8-7-21(11-20(22)16-34(18)26)32(2)25-13-30-14-27(25)35-3/h4-11,18,25-27,30H,13-17H2,1-3H3/t18-,25+,26-,27+/m1/s1. The highest BCUT2D eigenvalue weighted by molar-refractivity contribution is 5.95. The predicted octanol–water partition coefficient (Wildman–Crippen LogP) is 3.29. The number of fused-ring (bicyclic) bond motifs is 4. The van der Waals surface area contributed by atoms with E-state index in [1.807, 2.05) is 12.1 Å². The molecule has 0 saturated carbocycles. The van der Waals surface area contributed by atoms with E-state index in [0.29, 0.717) is 23.7 Å². The van der Waals surface area contributed by atoms with Gasteiger partial charge in [0.1, 0.15) is 6.07 Å². The number of pyridine rings is 1. The van der Waals surface area contributed by atoms with E-state index >= 15 is 0 Å². The fourth-order valence-corrected chi connectivity index (χ4v) is 6.31. The lowest BCUT2D eigenvalue weighted by Crippen LogP contribution is -2.51. The van der Waals surface area contributed by atoms with Gasteiger partial charge in [-0.15, -0.1) is 0 Å². The van der Waals surface area contributed by atoms with Crippen LogP contribution in [0, 0.1) is 11.3 Å². The number of nitrogens with zero attached hydrogens (tertiary/aromatic N) is 5. The highest BCUT2D eigenvalue weighted by Gasteiger charge is 2.40. The van der Waals surface area contributed by atoms with Crippen LogP contribution < -0.4 is 15.1 Å². The van der Waals surface area contributed by atoms with Gasteiger partial charge in [0, 0.05) is 75.9 Å². The molecule has 0 amide bonds. The Balaban J connectivity index is 1.30. The summed E-state index contributed by atoms with van der Waals surface area (Å²) < 4.78 is 5.71. The SMILES string of the molecule is CO[C@H]1CNC[C@@H]1N(C)c1ccc2c(c1)CN1[C@H](C)CN(c3ccc(C#N)c4ncccc34)C[C@H]21. The molecule has 1 aromatic heterocycles. The van der Waals surface area contributed by atoms with Crippen LogP contribution in [-0.4, -0.2) is 68.4 Å². The van der Waals surface area contributed by atoms with E-state index in [4.69, 9.17) is 4.74 Å². The van der Waals surface area contributed by atoms with E-state index in [-0.39, 0.29) is 6.10 Å². The van der Waals surface area contributed by atoms with Crippen molar-refractivity contribution in [2.45, 2.75) is 37.7 Å². The number of likely N-dealkylation sites (N-methyl/N-ethyl adjacent to an activating group) is 1. The number of methoxy groups -OCH3 is 1. The number of benzene rings is 2. The first-order valence-corrected chi connectivity index (χ1v) is 12.5. The van der Waals surface area contributed by atoms with E-state index in [9.17, 15) is 5.26 Å². The third-order valence-corrected chi connectivity index (χ3v) is 8.23. The molecule has 3 aromatic rings. The fourth-order valence-electron chi connectivity index (χ4n) is 6.31. The molecule has 0 unspecified atom stereocenters. The van der Waals surface area contributed by atoms with Crippen LogP contribution in [0.25, 0.3) is 10.9 Å². The summed E-state index contributed by atoms with van der Waals surface area (Å²) in [6.45, 7) is 7.05. The van der Waals surface area contributed by atoms with Gasteiger partial charge < -0.3 is 19.9 Å². The van der Waals surface area contributed by atoms with Crippen LogP contribution >= 0.6 is 0 Å². The molecule has 2 fully saturated rings. The average molecular weight is 469 g/mol. The van der Waals surface area contributed by atoms with Crippen LogP contribution in [-0.2, 0) is 11.3 Å². The number of nitrogens with one attached hydrogen (secondary N) is 1. The molecule has 7 nitrogen and oxygen atoms in total. The zero-order valence-corrected chi connectivity index (χ0v) is 20.6. The molecule has 0 bridgehead atoms. The molecule has 0 radical (unpaired) electrons. The number of aromatic nitrogens is 1. The largest absolute Gasteiger partial charge is 0.378 e. The Morgan fingerprint density at radius 3 is 2.89 bits per heavy atom. The van der Waals surface area contributed by atoms with E-state index in [2.05, 4.69) is 75.4 Å². The van der Waals surface area contributed by atoms with Gasteiger partial charge in [0.25, 0.3) is 0 Å². The first-order valence-electron chi connectivity index (χ1n) is 12.5. The summed E-state index contributed by atoms with van der Waals surface area (Å²) in [5.41, 5.74) is 6.71. The minimum Gasteiger partial charge on any atom is -0.378 e. The molecule has 2 aromatic carbocycles. The summed E-state index contributed by atoms with van der Waals surface area (Å²) in [7, 11) is 3.99. The number of rotatable bonds is 4. The van der Waals surface area contributed by atoms with Gasteiger partial charge in [-0.1, -0.05) is 6.07 Å². The Labute approximate surface area is 206 Å². The molecule has 180 valence electrons. The molecule has 6 rings (SSSR count). The second-order valence-electron chi connectivity index (χ2n) is 10.1. The number of hydrogen-bond donors (Lipinski definition) is 1. The van der Waals surface area contributed by atoms with Crippen molar-refractivity contribution in [3.8, 4) is 6.07 Å². The first-order chi connectivity index (χ1) is 17.1. The Kier molecular flexibility index (Phi) is 5.60. The fraction of sp³-hybridized carbons (Fsp3) is 0.429. The highest BCUT2D eigenvalue weighted by Crippen LogP contribution is 2.42. The summed E-state index contributed by atoms with van der Waals surface area (Å²) in [6.07, 6.45) is 1.98. The van der Waals surface area contributed by atoms with Crippen molar-refractivity contribution in [3.05, 3.63) is 65.4 Å². The number of piperazine rings is 1. The van der Waals surface area contributed by atoms with Crippen LogP contribution in [0.3, 0.4) is 0 Å². The van der Waals surface area contributed by atoms with Gasteiger partial charge in [-0.2, -0.15) is 5.26 Å². The summed E-state index contributed by atoms with van der Waals surface area (Å²) in [6, 6.07) is 18.5. The van der Waals surface area contributed by atoms with E-state index < -0.39 is 0 Å². The van der Waals surface area contributed by atoms with Crippen molar-refractivity contribution in [1.29, 1.82) is 5.26 Å². The molecule has 3 aliphatic heterocycles. The maximum Gasteiger partial charge on any atom is 0.101 e. The van der Waals surface area contributed by atoms with Gasteiger partial charge in [-0.05, 0) is 54.4 Å². The molecule has 3 aliphatic rings. The third kappa shape index (κ3) is 3.64. The molecule has 2 saturated heterocycles. The van der Waals surface area contributed by atoms with Crippen molar-refractivity contribution < 1.29 is 4.74 Å². The minimum atomic E-state index is 0.213. The zero-order chi connectivity index (χ0) is 24.1. The molecule has 0 spiro atoms. The summed E-state index contributed by atoms with van der Waals surface area (Å²) in [4.78, 5) is 12.0. The van der Waals surface area contributed by atoms with Crippen molar-refractivity contribution in [2.24, 2.45) is 0 Å². The average Bonchev–Trinajstić information content (AvgIpc) is 3.52. The Morgan fingerprint density at radius 1 is 1.17 bits per heavy atom. The Morgan fingerprint density at radius 2 is 2.06 bits per heavy atom. The molecule has 1 N–H and O–H groups in total. The minimum absolute atomic E-state index is 0.213. The van der Waals surface area contributed by atoms with Gasteiger partial charge in [0.05, 0.1) is 29.3 Å². The van der Waals surface area contributed by atoms with Crippen molar-refractivity contribution >= 4 is 22.3 Å². The lowest BCUT2D eigenvalue weighted by molar-refractivity contribution is 0.105.